The number of carbonyl (C=O) groups is 1. The van der Waals surface area contributed by atoms with E-state index in [1.165, 1.54) is 0 Å². The summed E-state index contributed by atoms with van der Waals surface area (Å²) in [4.78, 5) is 14.7. The SMILES string of the molecule is COC(OC)C1Nc2ccccc2C(=O)N1c1ccc(C)cc1.Cl. The number of amides is 1. The Bertz CT molecular complexity index is 702. The minimum Gasteiger partial charge on any atom is -0.360 e. The van der Waals surface area contributed by atoms with Crippen LogP contribution in [0.15, 0.2) is 48.5 Å². The van der Waals surface area contributed by atoms with Gasteiger partial charge in [-0.1, -0.05) is 29.8 Å². The first kappa shape index (κ1) is 18.3. The summed E-state index contributed by atoms with van der Waals surface area (Å²) in [5.41, 5.74) is 3.35. The Morgan fingerprint density at radius 2 is 1.67 bits per heavy atom. The van der Waals surface area contributed by atoms with Gasteiger partial charge < -0.3 is 14.8 Å². The van der Waals surface area contributed by atoms with Crippen LogP contribution in [0.1, 0.15) is 15.9 Å². The topological polar surface area (TPSA) is 50.8 Å². The maximum atomic E-state index is 13.0. The van der Waals surface area contributed by atoms with Crippen LogP contribution in [-0.2, 0) is 9.47 Å². The summed E-state index contributed by atoms with van der Waals surface area (Å²) in [6.07, 6.45) is -1.04. The Kier molecular flexibility index (Phi) is 5.83. The van der Waals surface area contributed by atoms with Crippen LogP contribution in [0.5, 0.6) is 0 Å². The second-order valence-corrected chi connectivity index (χ2v) is 5.49. The molecule has 1 amide bonds. The Balaban J connectivity index is 0.00000208. The van der Waals surface area contributed by atoms with Crippen molar-refractivity contribution in [2.45, 2.75) is 19.4 Å². The molecule has 5 nitrogen and oxygen atoms in total. The lowest BCUT2D eigenvalue weighted by Crippen LogP contribution is -2.56. The van der Waals surface area contributed by atoms with Crippen LogP contribution in [0.25, 0.3) is 0 Å². The molecule has 1 aliphatic rings. The molecular formula is C18H21ClN2O3. The molecular weight excluding hydrogens is 328 g/mol. The molecule has 3 rings (SSSR count). The summed E-state index contributed by atoms with van der Waals surface area (Å²) in [5.74, 6) is -0.0766. The largest absolute Gasteiger partial charge is 0.360 e. The smallest absolute Gasteiger partial charge is 0.262 e. The Morgan fingerprint density at radius 3 is 2.29 bits per heavy atom. The van der Waals surface area contributed by atoms with Crippen LogP contribution < -0.4 is 10.2 Å². The molecule has 0 bridgehead atoms. The minimum absolute atomic E-state index is 0. The van der Waals surface area contributed by atoms with E-state index in [4.69, 9.17) is 9.47 Å². The first-order chi connectivity index (χ1) is 11.2. The molecule has 0 aromatic heterocycles. The number of ether oxygens (including phenoxy) is 2. The fraction of sp³-hybridized carbons (Fsp3) is 0.278. The first-order valence-electron chi connectivity index (χ1n) is 7.47. The highest BCUT2D eigenvalue weighted by molar-refractivity contribution is 6.12. The number of carbonyl (C=O) groups excluding carboxylic acids is 1. The van der Waals surface area contributed by atoms with Crippen molar-refractivity contribution in [3.05, 3.63) is 59.7 Å². The van der Waals surface area contributed by atoms with Crippen molar-refractivity contribution in [3.63, 3.8) is 0 Å². The Hall–Kier alpha value is -2.08. The zero-order chi connectivity index (χ0) is 16.4. The zero-order valence-corrected chi connectivity index (χ0v) is 14.7. The molecule has 1 unspecified atom stereocenters. The molecule has 0 saturated heterocycles. The van der Waals surface area contributed by atoms with Crippen molar-refractivity contribution in [1.82, 2.24) is 0 Å². The van der Waals surface area contributed by atoms with E-state index in [9.17, 15) is 4.79 Å². The van der Waals surface area contributed by atoms with E-state index in [-0.39, 0.29) is 18.3 Å². The van der Waals surface area contributed by atoms with E-state index >= 15 is 0 Å². The first-order valence-corrected chi connectivity index (χ1v) is 7.47. The van der Waals surface area contributed by atoms with Gasteiger partial charge in [-0.05, 0) is 31.2 Å². The van der Waals surface area contributed by atoms with Crippen molar-refractivity contribution >= 4 is 29.7 Å². The number of rotatable bonds is 4. The van der Waals surface area contributed by atoms with Crippen molar-refractivity contribution in [1.29, 1.82) is 0 Å². The molecule has 2 aromatic rings. The third-order valence-electron chi connectivity index (χ3n) is 3.99. The summed E-state index contributed by atoms with van der Waals surface area (Å²) in [6, 6.07) is 15.3. The fourth-order valence-electron chi connectivity index (χ4n) is 2.80. The van der Waals surface area contributed by atoms with Gasteiger partial charge in [0.2, 0.25) is 0 Å². The van der Waals surface area contributed by atoms with Crippen molar-refractivity contribution < 1.29 is 14.3 Å². The number of aryl methyl sites for hydroxylation is 1. The fourth-order valence-corrected chi connectivity index (χ4v) is 2.80. The maximum absolute atomic E-state index is 13.0. The summed E-state index contributed by atoms with van der Waals surface area (Å²) < 4.78 is 10.8. The van der Waals surface area contributed by atoms with Gasteiger partial charge in [-0.15, -0.1) is 12.4 Å². The van der Waals surface area contributed by atoms with Gasteiger partial charge in [-0.3, -0.25) is 9.69 Å². The van der Waals surface area contributed by atoms with Crippen molar-refractivity contribution in [3.8, 4) is 0 Å². The van der Waals surface area contributed by atoms with Crippen LogP contribution in [0.3, 0.4) is 0 Å². The summed E-state index contributed by atoms with van der Waals surface area (Å²) in [5, 5.41) is 3.35. The molecule has 6 heteroatoms. The number of benzene rings is 2. The molecule has 0 spiro atoms. The molecule has 128 valence electrons. The molecule has 0 aliphatic carbocycles. The molecule has 0 saturated carbocycles. The number of nitrogens with zero attached hydrogens (tertiary/aromatic N) is 1. The molecule has 1 atom stereocenters. The summed E-state index contributed by atoms with van der Waals surface area (Å²) in [7, 11) is 3.13. The lowest BCUT2D eigenvalue weighted by molar-refractivity contribution is -0.111. The van der Waals surface area contributed by atoms with Crippen molar-refractivity contribution in [2.24, 2.45) is 0 Å². The Labute approximate surface area is 148 Å². The molecule has 2 aromatic carbocycles. The zero-order valence-electron chi connectivity index (χ0n) is 13.9. The Morgan fingerprint density at radius 1 is 1.04 bits per heavy atom. The number of hydrogen-bond acceptors (Lipinski definition) is 4. The maximum Gasteiger partial charge on any atom is 0.262 e. The predicted molar refractivity (Wildman–Crippen MR) is 96.9 cm³/mol. The van der Waals surface area contributed by atoms with Crippen LogP contribution >= 0.6 is 12.4 Å². The van der Waals surface area contributed by atoms with E-state index < -0.39 is 12.5 Å². The van der Waals surface area contributed by atoms with Crippen LogP contribution in [-0.4, -0.2) is 32.6 Å². The van der Waals surface area contributed by atoms with E-state index in [2.05, 4.69) is 5.32 Å². The monoisotopic (exact) mass is 348 g/mol. The van der Waals surface area contributed by atoms with Gasteiger partial charge in [-0.2, -0.15) is 0 Å². The predicted octanol–water partition coefficient (Wildman–Crippen LogP) is 3.43. The van der Waals surface area contributed by atoms with Gasteiger partial charge in [-0.25, -0.2) is 0 Å². The van der Waals surface area contributed by atoms with Gasteiger partial charge in [0.1, 0.15) is 0 Å². The number of hydrogen-bond donors (Lipinski definition) is 1. The van der Waals surface area contributed by atoms with E-state index in [0.717, 1.165) is 16.9 Å². The number of anilines is 2. The normalized spacial score (nSPS) is 16.4. The summed E-state index contributed by atoms with van der Waals surface area (Å²) >= 11 is 0. The van der Waals surface area contributed by atoms with Gasteiger partial charge in [0, 0.05) is 25.6 Å². The molecule has 0 fully saturated rings. The van der Waals surface area contributed by atoms with E-state index in [1.807, 2.05) is 55.5 Å². The van der Waals surface area contributed by atoms with Gasteiger partial charge >= 0.3 is 0 Å². The third kappa shape index (κ3) is 3.24. The van der Waals surface area contributed by atoms with Crippen molar-refractivity contribution in [2.75, 3.05) is 24.4 Å². The van der Waals surface area contributed by atoms with Gasteiger partial charge in [0.25, 0.3) is 5.91 Å². The van der Waals surface area contributed by atoms with Crippen LogP contribution in [0, 0.1) is 6.92 Å². The lowest BCUT2D eigenvalue weighted by atomic mass is 10.1. The molecule has 1 aliphatic heterocycles. The molecule has 1 N–H and O–H groups in total. The van der Waals surface area contributed by atoms with E-state index in [0.29, 0.717) is 5.56 Å². The molecule has 0 radical (unpaired) electrons. The second kappa shape index (κ2) is 7.66. The van der Waals surface area contributed by atoms with Crippen LogP contribution in [0.2, 0.25) is 0 Å². The quantitative estimate of drug-likeness (QED) is 0.860. The number of fused-ring (bicyclic) bond motifs is 1. The van der Waals surface area contributed by atoms with Gasteiger partial charge in [0.05, 0.1) is 5.56 Å². The minimum atomic E-state index is -0.589. The number of halogens is 1. The van der Waals surface area contributed by atoms with Crippen LogP contribution in [0.4, 0.5) is 11.4 Å². The average molecular weight is 349 g/mol. The lowest BCUT2D eigenvalue weighted by Gasteiger charge is -2.40. The number of methoxy groups -OCH3 is 2. The van der Waals surface area contributed by atoms with E-state index in [1.54, 1.807) is 19.1 Å². The highest BCUT2D eigenvalue weighted by atomic mass is 35.5. The second-order valence-electron chi connectivity index (χ2n) is 5.49. The molecule has 1 heterocycles. The van der Waals surface area contributed by atoms with Gasteiger partial charge in [0.15, 0.2) is 12.5 Å². The third-order valence-corrected chi connectivity index (χ3v) is 3.99. The highest BCUT2D eigenvalue weighted by Crippen LogP contribution is 2.31. The number of nitrogens with one attached hydrogen (secondary N) is 1. The molecule has 24 heavy (non-hydrogen) atoms. The average Bonchev–Trinajstić information content (AvgIpc) is 2.57. The number of para-hydroxylation sites is 1. The standard InChI is InChI=1S/C18H20N2O3.ClH/c1-12-8-10-13(11-9-12)20-16(18(22-2)23-3)19-15-7-5-4-6-14(15)17(20)21;/h4-11,16,18-19H,1-3H3;1H. The summed E-state index contributed by atoms with van der Waals surface area (Å²) in [6.45, 7) is 2.01. The highest BCUT2D eigenvalue weighted by Gasteiger charge is 2.38.